The number of para-hydroxylation sites is 1. The zero-order chi connectivity index (χ0) is 30.6. The molecule has 0 bridgehead atoms. The maximum atomic E-state index is 13.6. The number of fused-ring (bicyclic) bond motifs is 2. The monoisotopic (exact) mass is 591 g/mol. The highest BCUT2D eigenvalue weighted by atomic mass is 16.5. The summed E-state index contributed by atoms with van der Waals surface area (Å²) in [4.78, 5) is 33.0. The van der Waals surface area contributed by atoms with Crippen LogP contribution in [0, 0.1) is 6.92 Å². The number of hydrogen-bond donors (Lipinski definition) is 1. The first kappa shape index (κ1) is 29.4. The number of carbonyl (C=O) groups excluding carboxylic acids is 1. The van der Waals surface area contributed by atoms with Crippen LogP contribution in [0.15, 0.2) is 72.9 Å². The van der Waals surface area contributed by atoms with Gasteiger partial charge in [-0.25, -0.2) is 4.79 Å². The average molecular weight is 592 g/mol. The van der Waals surface area contributed by atoms with Crippen molar-refractivity contribution in [3.63, 3.8) is 0 Å². The van der Waals surface area contributed by atoms with Gasteiger partial charge < -0.3 is 24.0 Å². The van der Waals surface area contributed by atoms with E-state index in [1.807, 2.05) is 67.7 Å². The predicted molar refractivity (Wildman–Crippen MR) is 171 cm³/mol. The molecule has 226 valence electrons. The largest absolute Gasteiger partial charge is 0.493 e. The Labute approximate surface area is 256 Å². The van der Waals surface area contributed by atoms with Crippen molar-refractivity contribution in [2.24, 2.45) is 0 Å². The number of carboxylic acid groups (broad SMARTS) is 1. The molecule has 1 amide bonds. The van der Waals surface area contributed by atoms with Crippen LogP contribution in [0.25, 0.3) is 32.8 Å². The van der Waals surface area contributed by atoms with Crippen LogP contribution in [-0.4, -0.2) is 64.3 Å². The average Bonchev–Trinajstić information content (AvgIpc) is 3.36. The highest BCUT2D eigenvalue weighted by Gasteiger charge is 2.28. The van der Waals surface area contributed by atoms with Crippen LogP contribution in [0.2, 0.25) is 0 Å². The molecule has 0 spiro atoms. The number of aromatic carboxylic acids is 1. The van der Waals surface area contributed by atoms with Gasteiger partial charge in [-0.2, -0.15) is 0 Å². The van der Waals surface area contributed by atoms with Crippen LogP contribution in [-0.2, 0) is 28.9 Å². The van der Waals surface area contributed by atoms with Crippen LogP contribution in [0.3, 0.4) is 0 Å². The standard InChI is InChI=1S/C36H37N3O5/c1-3-30-33(24(2)16-17-37-30)29-13-7-12-27-28(14-8-20-44-31-15-6-10-25-9-4-5-11-26(25)31)35(36(41)42)39(34(27)29)23-32(40)38-18-21-43-22-19-38/h4-7,9-13,15-17H,3,8,14,18-23H2,1-2H3,(H,41,42). The van der Waals surface area contributed by atoms with E-state index in [1.54, 1.807) is 9.47 Å². The molecule has 1 aliphatic heterocycles. The molecule has 3 aromatic carbocycles. The Kier molecular flexibility index (Phi) is 8.61. The predicted octanol–water partition coefficient (Wildman–Crippen LogP) is 6.30. The molecule has 0 atom stereocenters. The highest BCUT2D eigenvalue weighted by molar-refractivity contribution is 6.05. The summed E-state index contributed by atoms with van der Waals surface area (Å²) in [5, 5.41) is 13.6. The minimum Gasteiger partial charge on any atom is -0.493 e. The number of nitrogens with zero attached hydrogens (tertiary/aromatic N) is 3. The summed E-state index contributed by atoms with van der Waals surface area (Å²) < 4.78 is 13.4. The van der Waals surface area contributed by atoms with Gasteiger partial charge >= 0.3 is 5.97 Å². The van der Waals surface area contributed by atoms with Crippen molar-refractivity contribution in [1.29, 1.82) is 0 Å². The zero-order valence-corrected chi connectivity index (χ0v) is 25.2. The zero-order valence-electron chi connectivity index (χ0n) is 25.2. The summed E-state index contributed by atoms with van der Waals surface area (Å²) in [5.41, 5.74) is 5.48. The van der Waals surface area contributed by atoms with Gasteiger partial charge in [-0.1, -0.05) is 61.5 Å². The van der Waals surface area contributed by atoms with Crippen molar-refractivity contribution in [1.82, 2.24) is 14.5 Å². The molecule has 5 aromatic rings. The Balaban J connectivity index is 1.41. The van der Waals surface area contributed by atoms with Gasteiger partial charge in [-0.15, -0.1) is 0 Å². The number of pyridine rings is 1. The molecule has 0 unspecified atom stereocenters. The molecule has 0 saturated carbocycles. The third-order valence-electron chi connectivity index (χ3n) is 8.47. The Hall–Kier alpha value is -4.69. The van der Waals surface area contributed by atoms with Crippen LogP contribution in [0.5, 0.6) is 5.75 Å². The number of aryl methyl sites for hydroxylation is 3. The maximum Gasteiger partial charge on any atom is 0.352 e. The molecule has 1 aliphatic rings. The molecular weight excluding hydrogens is 554 g/mol. The number of hydrogen-bond acceptors (Lipinski definition) is 5. The Morgan fingerprint density at radius 1 is 0.977 bits per heavy atom. The van der Waals surface area contributed by atoms with E-state index >= 15 is 0 Å². The van der Waals surface area contributed by atoms with E-state index in [9.17, 15) is 14.7 Å². The maximum absolute atomic E-state index is 13.6. The van der Waals surface area contributed by atoms with Gasteiger partial charge in [0.05, 0.1) is 25.3 Å². The van der Waals surface area contributed by atoms with E-state index in [1.165, 1.54) is 0 Å². The Morgan fingerprint density at radius 3 is 2.52 bits per heavy atom. The van der Waals surface area contributed by atoms with E-state index < -0.39 is 5.97 Å². The van der Waals surface area contributed by atoms with Crippen molar-refractivity contribution in [3.05, 3.63) is 95.4 Å². The van der Waals surface area contributed by atoms with Crippen LogP contribution in [0.4, 0.5) is 0 Å². The van der Waals surface area contributed by atoms with Gasteiger partial charge in [0.25, 0.3) is 0 Å². The van der Waals surface area contributed by atoms with Crippen LogP contribution < -0.4 is 4.74 Å². The third-order valence-corrected chi connectivity index (χ3v) is 8.47. The number of aromatic nitrogens is 2. The van der Waals surface area contributed by atoms with Crippen LogP contribution >= 0.6 is 0 Å². The van der Waals surface area contributed by atoms with Crippen molar-refractivity contribution < 1.29 is 24.2 Å². The first-order chi connectivity index (χ1) is 21.5. The lowest BCUT2D eigenvalue weighted by molar-refractivity contribution is -0.135. The first-order valence-corrected chi connectivity index (χ1v) is 15.3. The van der Waals surface area contributed by atoms with Crippen molar-refractivity contribution in [2.45, 2.75) is 39.7 Å². The molecule has 0 aliphatic carbocycles. The van der Waals surface area contributed by atoms with E-state index in [4.69, 9.17) is 9.47 Å². The van der Waals surface area contributed by atoms with Gasteiger partial charge in [-0.3, -0.25) is 9.78 Å². The summed E-state index contributed by atoms with van der Waals surface area (Å²) in [6.45, 7) is 6.41. The lowest BCUT2D eigenvalue weighted by Gasteiger charge is -2.27. The number of rotatable bonds is 10. The number of ether oxygens (including phenoxy) is 2. The number of amides is 1. The quantitative estimate of drug-likeness (QED) is 0.192. The lowest BCUT2D eigenvalue weighted by Crippen LogP contribution is -2.42. The molecule has 3 heterocycles. The number of morpholine rings is 1. The second kappa shape index (κ2) is 12.9. The van der Waals surface area contributed by atoms with E-state index in [0.717, 1.165) is 56.2 Å². The van der Waals surface area contributed by atoms with Gasteiger partial charge in [0.2, 0.25) is 5.91 Å². The second-order valence-corrected chi connectivity index (χ2v) is 11.1. The SMILES string of the molecule is CCc1nccc(C)c1-c1cccc2c(CCCOc3cccc4ccccc34)c(C(=O)O)n(CC(=O)N3CCOCC3)c12. The number of carboxylic acids is 1. The molecule has 1 fully saturated rings. The van der Waals surface area contributed by atoms with Crippen LogP contribution in [0.1, 0.15) is 40.7 Å². The number of carbonyl (C=O) groups is 2. The lowest BCUT2D eigenvalue weighted by atomic mass is 9.95. The van der Waals surface area contributed by atoms with Gasteiger partial charge in [0.15, 0.2) is 0 Å². The van der Waals surface area contributed by atoms with Crippen molar-refractivity contribution in [2.75, 3.05) is 32.9 Å². The summed E-state index contributed by atoms with van der Waals surface area (Å²) in [6.07, 6.45) is 3.63. The summed E-state index contributed by atoms with van der Waals surface area (Å²) in [6, 6.07) is 22.0. The molecule has 8 nitrogen and oxygen atoms in total. The van der Waals surface area contributed by atoms with Gasteiger partial charge in [-0.05, 0) is 54.8 Å². The Morgan fingerprint density at radius 2 is 1.73 bits per heavy atom. The van der Waals surface area contributed by atoms with Crippen molar-refractivity contribution in [3.8, 4) is 16.9 Å². The molecule has 0 radical (unpaired) electrons. The fourth-order valence-electron chi connectivity index (χ4n) is 6.39. The van der Waals surface area contributed by atoms with E-state index in [0.29, 0.717) is 51.3 Å². The molecule has 1 saturated heterocycles. The molecular formula is C36H37N3O5. The number of benzene rings is 3. The minimum absolute atomic E-state index is 0.0670. The fraction of sp³-hybridized carbons (Fsp3) is 0.306. The second-order valence-electron chi connectivity index (χ2n) is 11.1. The van der Waals surface area contributed by atoms with E-state index in [-0.39, 0.29) is 18.1 Å². The first-order valence-electron chi connectivity index (χ1n) is 15.3. The van der Waals surface area contributed by atoms with Gasteiger partial charge in [0, 0.05) is 46.9 Å². The summed E-state index contributed by atoms with van der Waals surface area (Å²) >= 11 is 0. The Bertz CT molecular complexity index is 1830. The molecule has 6 rings (SSSR count). The van der Waals surface area contributed by atoms with E-state index in [2.05, 4.69) is 24.0 Å². The summed E-state index contributed by atoms with van der Waals surface area (Å²) in [5.74, 6) is -0.362. The highest BCUT2D eigenvalue weighted by Crippen LogP contribution is 2.38. The molecule has 1 N–H and O–H groups in total. The molecule has 8 heteroatoms. The minimum atomic E-state index is -1.05. The van der Waals surface area contributed by atoms with Gasteiger partial charge in [0.1, 0.15) is 18.0 Å². The molecule has 44 heavy (non-hydrogen) atoms. The fourth-order valence-corrected chi connectivity index (χ4v) is 6.39. The smallest absolute Gasteiger partial charge is 0.352 e. The third kappa shape index (κ3) is 5.65. The topological polar surface area (TPSA) is 93.9 Å². The normalized spacial score (nSPS) is 13.5. The summed E-state index contributed by atoms with van der Waals surface area (Å²) in [7, 11) is 0. The van der Waals surface area contributed by atoms with Crippen molar-refractivity contribution >= 4 is 33.6 Å². The molecule has 2 aromatic heterocycles.